The summed E-state index contributed by atoms with van der Waals surface area (Å²) in [7, 11) is 1.88. The third-order valence-electron chi connectivity index (χ3n) is 3.38. The van der Waals surface area contributed by atoms with Crippen LogP contribution in [0, 0.1) is 0 Å². The summed E-state index contributed by atoms with van der Waals surface area (Å²) in [4.78, 5) is 16.3. The zero-order valence-corrected chi connectivity index (χ0v) is 10.9. The van der Waals surface area contributed by atoms with Gasteiger partial charge < -0.3 is 5.32 Å². The normalized spacial score (nSPS) is 16.3. The van der Waals surface area contributed by atoms with Crippen LogP contribution >= 0.6 is 0 Å². The highest BCUT2D eigenvalue weighted by Gasteiger charge is 2.31. The second kappa shape index (κ2) is 4.49. The Hall–Kier alpha value is -2.18. The molecule has 19 heavy (non-hydrogen) atoms. The van der Waals surface area contributed by atoms with E-state index in [2.05, 4.69) is 25.6 Å². The highest BCUT2D eigenvalue weighted by molar-refractivity contribution is 5.95. The minimum Gasteiger partial charge on any atom is -0.342 e. The van der Waals surface area contributed by atoms with Crippen LogP contribution in [0.3, 0.4) is 0 Å². The second-order valence-corrected chi connectivity index (χ2v) is 4.91. The smallest absolute Gasteiger partial charge is 0.255 e. The Morgan fingerprint density at radius 2 is 2.37 bits per heavy atom. The van der Waals surface area contributed by atoms with Gasteiger partial charge in [0.25, 0.3) is 5.91 Å². The number of aryl methyl sites for hydroxylation is 1. The van der Waals surface area contributed by atoms with E-state index in [1.54, 1.807) is 10.9 Å². The van der Waals surface area contributed by atoms with Gasteiger partial charge in [0.1, 0.15) is 12.2 Å². The predicted octanol–water partition coefficient (Wildman–Crippen LogP) is 0.907. The van der Waals surface area contributed by atoms with E-state index in [0.29, 0.717) is 17.3 Å². The number of aromatic nitrogens is 5. The number of rotatable bonds is 4. The number of carbonyl (C=O) groups excluding carboxylic acids is 1. The average molecular weight is 260 g/mol. The van der Waals surface area contributed by atoms with Crippen molar-refractivity contribution in [3.05, 3.63) is 29.6 Å². The van der Waals surface area contributed by atoms with Crippen molar-refractivity contribution < 1.29 is 4.79 Å². The van der Waals surface area contributed by atoms with Gasteiger partial charge in [-0.15, -0.1) is 0 Å². The molecule has 3 rings (SSSR count). The van der Waals surface area contributed by atoms with E-state index < -0.39 is 0 Å². The molecule has 1 amide bonds. The van der Waals surface area contributed by atoms with Crippen LogP contribution in [-0.4, -0.2) is 30.9 Å². The number of amides is 1. The zero-order valence-electron chi connectivity index (χ0n) is 10.9. The summed E-state index contributed by atoms with van der Waals surface area (Å²) in [6, 6.07) is -0.206. The molecule has 0 unspecified atom stereocenters. The molecule has 2 N–H and O–H groups in total. The Balaban J connectivity index is 1.77. The van der Waals surface area contributed by atoms with Crippen molar-refractivity contribution in [2.24, 2.45) is 7.05 Å². The third kappa shape index (κ3) is 2.23. The number of aromatic amines is 1. The molecule has 0 saturated heterocycles. The first kappa shape index (κ1) is 11.9. The summed E-state index contributed by atoms with van der Waals surface area (Å²) in [6.45, 7) is 1.87. The van der Waals surface area contributed by atoms with Gasteiger partial charge in [-0.25, -0.2) is 4.98 Å². The standard InChI is InChI=1S/C12H16N6O/c1-7(11-13-6-14-17-11)16-12(19)9-5-15-18(2)10(9)8-3-4-8/h5-8H,3-4H2,1-2H3,(H,16,19)(H,13,14,17)/t7-/m0/s1. The fourth-order valence-electron chi connectivity index (χ4n) is 2.23. The molecule has 0 aromatic carbocycles. The Kier molecular flexibility index (Phi) is 2.81. The molecule has 2 heterocycles. The van der Waals surface area contributed by atoms with Gasteiger partial charge in [0.05, 0.1) is 23.5 Å². The lowest BCUT2D eigenvalue weighted by atomic mass is 10.1. The number of carbonyl (C=O) groups is 1. The van der Waals surface area contributed by atoms with Crippen molar-refractivity contribution in [3.8, 4) is 0 Å². The van der Waals surface area contributed by atoms with E-state index in [0.717, 1.165) is 18.5 Å². The van der Waals surface area contributed by atoms with Crippen LogP contribution in [-0.2, 0) is 7.05 Å². The minimum absolute atomic E-state index is 0.112. The first-order valence-corrected chi connectivity index (χ1v) is 6.35. The zero-order chi connectivity index (χ0) is 13.4. The highest BCUT2D eigenvalue weighted by Crippen LogP contribution is 2.41. The van der Waals surface area contributed by atoms with E-state index in [4.69, 9.17) is 0 Å². The topological polar surface area (TPSA) is 88.5 Å². The maximum atomic E-state index is 12.3. The van der Waals surface area contributed by atoms with Gasteiger partial charge in [0.2, 0.25) is 0 Å². The highest BCUT2D eigenvalue weighted by atomic mass is 16.1. The average Bonchev–Trinajstić information content (AvgIpc) is 2.92. The van der Waals surface area contributed by atoms with Crippen LogP contribution in [0.25, 0.3) is 0 Å². The summed E-state index contributed by atoms with van der Waals surface area (Å²) in [5, 5.41) is 13.6. The molecule has 0 radical (unpaired) electrons. The predicted molar refractivity (Wildman–Crippen MR) is 67.4 cm³/mol. The minimum atomic E-state index is -0.206. The maximum absolute atomic E-state index is 12.3. The summed E-state index contributed by atoms with van der Waals surface area (Å²) < 4.78 is 1.80. The van der Waals surface area contributed by atoms with E-state index in [9.17, 15) is 4.79 Å². The van der Waals surface area contributed by atoms with Crippen LogP contribution in [0.2, 0.25) is 0 Å². The third-order valence-corrected chi connectivity index (χ3v) is 3.38. The van der Waals surface area contributed by atoms with Gasteiger partial charge in [-0.1, -0.05) is 0 Å². The number of hydrogen-bond acceptors (Lipinski definition) is 4. The fourth-order valence-corrected chi connectivity index (χ4v) is 2.23. The Morgan fingerprint density at radius 1 is 1.58 bits per heavy atom. The van der Waals surface area contributed by atoms with Crippen LogP contribution in [0.4, 0.5) is 0 Å². The van der Waals surface area contributed by atoms with Crippen LogP contribution in [0.15, 0.2) is 12.5 Å². The Bertz CT molecular complexity index is 583. The largest absolute Gasteiger partial charge is 0.342 e. The van der Waals surface area contributed by atoms with Crippen molar-refractivity contribution in [2.75, 3.05) is 0 Å². The molecule has 7 heteroatoms. The van der Waals surface area contributed by atoms with Crippen LogP contribution in [0.1, 0.15) is 53.6 Å². The lowest BCUT2D eigenvalue weighted by Crippen LogP contribution is -2.28. The van der Waals surface area contributed by atoms with Crippen molar-refractivity contribution in [1.29, 1.82) is 0 Å². The molecule has 1 aliphatic carbocycles. The second-order valence-electron chi connectivity index (χ2n) is 4.91. The monoisotopic (exact) mass is 260 g/mol. The van der Waals surface area contributed by atoms with Crippen molar-refractivity contribution in [2.45, 2.75) is 31.7 Å². The molecule has 1 aliphatic rings. The maximum Gasteiger partial charge on any atom is 0.255 e. The van der Waals surface area contributed by atoms with Gasteiger partial charge in [-0.2, -0.15) is 10.2 Å². The Labute approximate surface area is 110 Å². The van der Waals surface area contributed by atoms with Crippen LogP contribution < -0.4 is 5.32 Å². The first-order chi connectivity index (χ1) is 9.16. The molecule has 0 spiro atoms. The number of nitrogens with one attached hydrogen (secondary N) is 2. The van der Waals surface area contributed by atoms with E-state index in [1.165, 1.54) is 6.33 Å². The fraction of sp³-hybridized carbons (Fsp3) is 0.500. The molecule has 2 aromatic rings. The molecule has 0 bridgehead atoms. The van der Waals surface area contributed by atoms with E-state index in [1.807, 2.05) is 14.0 Å². The molecular formula is C12H16N6O. The molecule has 7 nitrogen and oxygen atoms in total. The van der Waals surface area contributed by atoms with Crippen LogP contribution in [0.5, 0.6) is 0 Å². The van der Waals surface area contributed by atoms with Gasteiger partial charge >= 0.3 is 0 Å². The van der Waals surface area contributed by atoms with Gasteiger partial charge in [0.15, 0.2) is 0 Å². The van der Waals surface area contributed by atoms with E-state index >= 15 is 0 Å². The molecule has 2 aromatic heterocycles. The Morgan fingerprint density at radius 3 is 3.00 bits per heavy atom. The van der Waals surface area contributed by atoms with Gasteiger partial charge in [-0.3, -0.25) is 14.6 Å². The van der Waals surface area contributed by atoms with Gasteiger partial charge in [0, 0.05) is 13.0 Å². The summed E-state index contributed by atoms with van der Waals surface area (Å²) in [5.41, 5.74) is 1.69. The summed E-state index contributed by atoms with van der Waals surface area (Å²) >= 11 is 0. The molecule has 1 saturated carbocycles. The number of nitrogens with zero attached hydrogens (tertiary/aromatic N) is 4. The van der Waals surface area contributed by atoms with Crippen molar-refractivity contribution in [1.82, 2.24) is 30.3 Å². The lowest BCUT2D eigenvalue weighted by molar-refractivity contribution is 0.0937. The number of hydrogen-bond donors (Lipinski definition) is 2. The summed E-state index contributed by atoms with van der Waals surface area (Å²) in [6.07, 6.45) is 5.34. The number of H-pyrrole nitrogens is 1. The molecule has 0 aliphatic heterocycles. The van der Waals surface area contributed by atoms with E-state index in [-0.39, 0.29) is 11.9 Å². The SMILES string of the molecule is C[C@H](NC(=O)c1cnn(C)c1C1CC1)c1ncn[nH]1. The molecule has 1 fully saturated rings. The quantitative estimate of drug-likeness (QED) is 0.855. The van der Waals surface area contributed by atoms with Gasteiger partial charge in [-0.05, 0) is 19.8 Å². The molecular weight excluding hydrogens is 244 g/mol. The lowest BCUT2D eigenvalue weighted by Gasteiger charge is -2.11. The molecule has 1 atom stereocenters. The molecule has 100 valence electrons. The van der Waals surface area contributed by atoms with Crippen molar-refractivity contribution in [3.63, 3.8) is 0 Å². The van der Waals surface area contributed by atoms with Crippen molar-refractivity contribution >= 4 is 5.91 Å². The summed E-state index contributed by atoms with van der Waals surface area (Å²) in [5.74, 6) is 1.01. The first-order valence-electron chi connectivity index (χ1n) is 6.35.